The van der Waals surface area contributed by atoms with Crippen LogP contribution in [-0.2, 0) is 4.79 Å². The Balaban J connectivity index is 1.79. The van der Waals surface area contributed by atoms with Crippen molar-refractivity contribution in [3.05, 3.63) is 35.9 Å². The number of hydrogen-bond donors (Lipinski definition) is 2. The van der Waals surface area contributed by atoms with E-state index in [1.54, 1.807) is 6.07 Å². The van der Waals surface area contributed by atoms with E-state index >= 15 is 0 Å². The molecule has 0 atom stereocenters. The Morgan fingerprint density at radius 1 is 1.40 bits per heavy atom. The van der Waals surface area contributed by atoms with Crippen LogP contribution in [0.25, 0.3) is 11.3 Å². The molecule has 1 heterocycles. The van der Waals surface area contributed by atoms with Crippen molar-refractivity contribution < 1.29 is 9.53 Å². The molecule has 1 saturated carbocycles. The molecule has 1 aliphatic rings. The fourth-order valence-electron chi connectivity index (χ4n) is 2.56. The van der Waals surface area contributed by atoms with Gasteiger partial charge in [0.05, 0.1) is 18.0 Å². The monoisotopic (exact) mass is 336 g/mol. The predicted molar refractivity (Wildman–Crippen MR) is 95.9 cm³/mol. The molecule has 1 aliphatic carbocycles. The summed E-state index contributed by atoms with van der Waals surface area (Å²) in [6.45, 7) is 2.22. The van der Waals surface area contributed by atoms with Gasteiger partial charge in [-0.15, -0.1) is 0 Å². The van der Waals surface area contributed by atoms with Gasteiger partial charge in [0.15, 0.2) is 0 Å². The zero-order valence-corrected chi connectivity index (χ0v) is 14.1. The van der Waals surface area contributed by atoms with Gasteiger partial charge >= 0.3 is 0 Å². The number of amides is 1. The number of hydrogen-bond acceptors (Lipinski definition) is 5. The van der Waals surface area contributed by atoms with Crippen LogP contribution in [0.4, 0.5) is 11.4 Å². The van der Waals surface area contributed by atoms with E-state index in [4.69, 9.17) is 10.5 Å². The van der Waals surface area contributed by atoms with Gasteiger partial charge in [0.2, 0.25) is 11.8 Å². The van der Waals surface area contributed by atoms with Crippen LogP contribution < -0.4 is 15.8 Å². The minimum atomic E-state index is 0.0506. The van der Waals surface area contributed by atoms with E-state index < -0.39 is 0 Å². The summed E-state index contributed by atoms with van der Waals surface area (Å²) in [4.78, 5) is 16.3. The summed E-state index contributed by atoms with van der Waals surface area (Å²) < 4.78 is 5.42. The molecule has 0 saturated heterocycles. The molecule has 0 radical (unpaired) electrons. The molecule has 128 valence electrons. The van der Waals surface area contributed by atoms with Crippen LogP contribution in [0.5, 0.6) is 5.88 Å². The molecule has 3 rings (SSSR count). The van der Waals surface area contributed by atoms with Crippen molar-refractivity contribution in [2.45, 2.75) is 26.2 Å². The third-order valence-corrected chi connectivity index (χ3v) is 4.05. The van der Waals surface area contributed by atoms with E-state index in [0.717, 1.165) is 24.1 Å². The number of benzene rings is 1. The van der Waals surface area contributed by atoms with E-state index in [9.17, 15) is 10.1 Å². The second-order valence-corrected chi connectivity index (χ2v) is 6.09. The number of nitrogens with two attached hydrogens (primary N) is 1. The Bertz CT molecular complexity index is 821. The van der Waals surface area contributed by atoms with Gasteiger partial charge in [0.1, 0.15) is 11.6 Å². The minimum absolute atomic E-state index is 0.0506. The standard InChI is InChI=1S/C19H20N4O2/c1-2-25-19-15(11-20)16(21)10-17(23-19)13-5-7-14(8-6-13)22-18(24)9-12-3-4-12/h5-8,10,12H,2-4,9H2,1H3,(H2,21,23)(H,22,24). The number of carbonyl (C=O) groups is 1. The van der Waals surface area contributed by atoms with Crippen LogP contribution in [-0.4, -0.2) is 17.5 Å². The minimum Gasteiger partial charge on any atom is -0.477 e. The molecule has 6 nitrogen and oxygen atoms in total. The van der Waals surface area contributed by atoms with Crippen molar-refractivity contribution in [3.8, 4) is 23.2 Å². The largest absolute Gasteiger partial charge is 0.477 e. The molecule has 1 aromatic carbocycles. The molecule has 6 heteroatoms. The fraction of sp³-hybridized carbons (Fsp3) is 0.316. The van der Waals surface area contributed by atoms with E-state index in [-0.39, 0.29) is 17.4 Å². The number of pyridine rings is 1. The quantitative estimate of drug-likeness (QED) is 0.842. The fourth-order valence-corrected chi connectivity index (χ4v) is 2.56. The third kappa shape index (κ3) is 4.07. The van der Waals surface area contributed by atoms with Crippen LogP contribution >= 0.6 is 0 Å². The number of nitrogen functional groups attached to an aromatic ring is 1. The highest BCUT2D eigenvalue weighted by Crippen LogP contribution is 2.33. The molecule has 0 unspecified atom stereocenters. The van der Waals surface area contributed by atoms with Gasteiger partial charge < -0.3 is 15.8 Å². The number of anilines is 2. The molecular formula is C19H20N4O2. The molecule has 1 amide bonds. The van der Waals surface area contributed by atoms with E-state index in [1.165, 1.54) is 0 Å². The van der Waals surface area contributed by atoms with Crippen LogP contribution in [0.1, 0.15) is 31.7 Å². The summed E-state index contributed by atoms with van der Waals surface area (Å²) in [5.41, 5.74) is 8.73. The molecule has 1 aromatic heterocycles. The number of aromatic nitrogens is 1. The predicted octanol–water partition coefficient (Wildman–Crippen LogP) is 3.34. The highest BCUT2D eigenvalue weighted by atomic mass is 16.5. The van der Waals surface area contributed by atoms with E-state index in [2.05, 4.69) is 10.3 Å². The van der Waals surface area contributed by atoms with Crippen molar-refractivity contribution in [2.24, 2.45) is 5.92 Å². The Kier molecular flexibility index (Phi) is 4.85. The van der Waals surface area contributed by atoms with Gasteiger partial charge in [0.25, 0.3) is 0 Å². The first kappa shape index (κ1) is 16.8. The zero-order chi connectivity index (χ0) is 17.8. The normalized spacial score (nSPS) is 13.1. The molecule has 2 aromatic rings. The Morgan fingerprint density at radius 3 is 2.72 bits per heavy atom. The maximum absolute atomic E-state index is 11.9. The molecule has 3 N–H and O–H groups in total. The van der Waals surface area contributed by atoms with Gasteiger partial charge in [-0.25, -0.2) is 4.98 Å². The summed E-state index contributed by atoms with van der Waals surface area (Å²) in [6, 6.07) is 11.0. The summed E-state index contributed by atoms with van der Waals surface area (Å²) >= 11 is 0. The zero-order valence-electron chi connectivity index (χ0n) is 14.1. The average Bonchev–Trinajstić information content (AvgIpc) is 3.39. The summed E-state index contributed by atoms with van der Waals surface area (Å²) in [5, 5.41) is 12.1. The van der Waals surface area contributed by atoms with Gasteiger partial charge in [-0.05, 0) is 43.9 Å². The number of rotatable bonds is 6. The highest BCUT2D eigenvalue weighted by molar-refractivity contribution is 5.91. The third-order valence-electron chi connectivity index (χ3n) is 4.05. The lowest BCUT2D eigenvalue weighted by molar-refractivity contribution is -0.116. The Morgan fingerprint density at radius 2 is 2.12 bits per heavy atom. The van der Waals surface area contributed by atoms with Crippen molar-refractivity contribution in [3.63, 3.8) is 0 Å². The van der Waals surface area contributed by atoms with Gasteiger partial charge in [-0.3, -0.25) is 4.79 Å². The lowest BCUT2D eigenvalue weighted by atomic mass is 10.1. The SMILES string of the molecule is CCOc1nc(-c2ccc(NC(=O)CC3CC3)cc2)cc(N)c1C#N. The van der Waals surface area contributed by atoms with Crippen LogP contribution in [0.2, 0.25) is 0 Å². The number of nitrogens with one attached hydrogen (secondary N) is 1. The summed E-state index contributed by atoms with van der Waals surface area (Å²) in [6.07, 6.45) is 2.90. The smallest absolute Gasteiger partial charge is 0.234 e. The lowest BCUT2D eigenvalue weighted by Crippen LogP contribution is -2.11. The van der Waals surface area contributed by atoms with Crippen molar-refractivity contribution in [2.75, 3.05) is 17.7 Å². The maximum Gasteiger partial charge on any atom is 0.234 e. The molecule has 0 aliphatic heterocycles. The molecule has 0 bridgehead atoms. The second-order valence-electron chi connectivity index (χ2n) is 6.09. The first-order valence-electron chi connectivity index (χ1n) is 8.34. The van der Waals surface area contributed by atoms with E-state index in [0.29, 0.717) is 30.3 Å². The van der Waals surface area contributed by atoms with Gasteiger partial charge in [-0.2, -0.15) is 5.26 Å². The number of nitrogens with zero attached hydrogens (tertiary/aromatic N) is 2. The first-order chi connectivity index (χ1) is 12.1. The Hall–Kier alpha value is -3.07. The summed E-state index contributed by atoms with van der Waals surface area (Å²) in [5.74, 6) is 0.846. The summed E-state index contributed by atoms with van der Waals surface area (Å²) in [7, 11) is 0. The maximum atomic E-state index is 11.9. The second kappa shape index (κ2) is 7.22. The topological polar surface area (TPSA) is 101 Å². The molecular weight excluding hydrogens is 316 g/mol. The molecule has 1 fully saturated rings. The lowest BCUT2D eigenvalue weighted by Gasteiger charge is -2.10. The number of carbonyl (C=O) groups excluding carboxylic acids is 1. The van der Waals surface area contributed by atoms with Crippen LogP contribution in [0, 0.1) is 17.2 Å². The van der Waals surface area contributed by atoms with Gasteiger partial charge in [-0.1, -0.05) is 12.1 Å². The number of ether oxygens (including phenoxy) is 1. The average molecular weight is 336 g/mol. The highest BCUT2D eigenvalue weighted by Gasteiger charge is 2.24. The molecule has 25 heavy (non-hydrogen) atoms. The van der Waals surface area contributed by atoms with Crippen molar-refractivity contribution in [1.82, 2.24) is 4.98 Å². The Labute approximate surface area is 146 Å². The first-order valence-corrected chi connectivity index (χ1v) is 8.34. The number of nitriles is 1. The van der Waals surface area contributed by atoms with Crippen molar-refractivity contribution >= 4 is 17.3 Å². The van der Waals surface area contributed by atoms with Gasteiger partial charge in [0, 0.05) is 17.7 Å². The van der Waals surface area contributed by atoms with Crippen LogP contribution in [0.3, 0.4) is 0 Å². The van der Waals surface area contributed by atoms with E-state index in [1.807, 2.05) is 37.3 Å². The van der Waals surface area contributed by atoms with Crippen molar-refractivity contribution in [1.29, 1.82) is 5.26 Å². The van der Waals surface area contributed by atoms with Crippen LogP contribution in [0.15, 0.2) is 30.3 Å². The molecule has 0 spiro atoms.